The molecule has 0 atom stereocenters. The van der Waals surface area contributed by atoms with Crippen molar-refractivity contribution in [2.75, 3.05) is 13.2 Å². The number of benzene rings is 4. The van der Waals surface area contributed by atoms with Gasteiger partial charge in [0.1, 0.15) is 24.2 Å². The van der Waals surface area contributed by atoms with Crippen LogP contribution in [-0.4, -0.2) is 32.3 Å². The van der Waals surface area contributed by atoms with Gasteiger partial charge in [-0.2, -0.15) is 0 Å². The molecular formula is C31H28N4O2. The molecule has 2 heterocycles. The van der Waals surface area contributed by atoms with Crippen LogP contribution < -0.4 is 9.47 Å². The molecule has 0 bridgehead atoms. The number of unbranched alkanes of at least 4 members (excludes halogenated alkanes) is 2. The molecule has 4 aromatic carbocycles. The number of fused-ring (bicyclic) bond motifs is 2. The molecule has 6 aromatic rings. The van der Waals surface area contributed by atoms with Crippen LogP contribution in [0.4, 0.5) is 0 Å². The first-order valence-electron chi connectivity index (χ1n) is 12.7. The number of hydrogen-bond acceptors (Lipinski definition) is 4. The summed E-state index contributed by atoms with van der Waals surface area (Å²) in [6, 6.07) is 32.6. The zero-order valence-electron chi connectivity index (χ0n) is 20.5. The van der Waals surface area contributed by atoms with Gasteiger partial charge >= 0.3 is 0 Å². The van der Waals surface area contributed by atoms with Gasteiger partial charge in [-0.1, -0.05) is 36.4 Å². The Bertz CT molecular complexity index is 1510. The zero-order chi connectivity index (χ0) is 24.9. The highest BCUT2D eigenvalue weighted by atomic mass is 16.5. The summed E-state index contributed by atoms with van der Waals surface area (Å²) in [5, 5.41) is 0. The van der Waals surface area contributed by atoms with Gasteiger partial charge in [0.2, 0.25) is 0 Å². The van der Waals surface area contributed by atoms with Crippen LogP contribution in [0.25, 0.3) is 33.4 Å². The topological polar surface area (TPSA) is 54.1 Å². The maximum atomic E-state index is 6.03. The third kappa shape index (κ3) is 5.05. The fourth-order valence-corrected chi connectivity index (χ4v) is 4.54. The van der Waals surface area contributed by atoms with Gasteiger partial charge in [0, 0.05) is 12.1 Å². The fourth-order valence-electron chi connectivity index (χ4n) is 4.54. The van der Waals surface area contributed by atoms with Crippen molar-refractivity contribution in [3.05, 3.63) is 110 Å². The molecule has 0 unspecified atom stereocenters. The first-order valence-corrected chi connectivity index (χ1v) is 12.7. The Hall–Kier alpha value is -4.58. The Morgan fingerprint density at radius 2 is 1.00 bits per heavy atom. The molecule has 0 N–H and O–H groups in total. The summed E-state index contributed by atoms with van der Waals surface area (Å²) in [7, 11) is 0. The highest BCUT2D eigenvalue weighted by Gasteiger charge is 2.06. The molecule has 0 saturated carbocycles. The monoisotopic (exact) mass is 488 g/mol. The number of ether oxygens (including phenoxy) is 2. The largest absolute Gasteiger partial charge is 0.494 e. The average molecular weight is 489 g/mol. The first kappa shape index (κ1) is 22.9. The van der Waals surface area contributed by atoms with E-state index in [0.717, 1.165) is 64.2 Å². The van der Waals surface area contributed by atoms with E-state index in [-0.39, 0.29) is 0 Å². The molecule has 0 amide bonds. The van der Waals surface area contributed by atoms with E-state index in [1.54, 1.807) is 0 Å². The van der Waals surface area contributed by atoms with E-state index in [2.05, 4.69) is 55.5 Å². The van der Waals surface area contributed by atoms with Gasteiger partial charge in [-0.15, -0.1) is 0 Å². The van der Waals surface area contributed by atoms with Gasteiger partial charge in [-0.3, -0.25) is 9.13 Å². The molecule has 0 spiro atoms. The van der Waals surface area contributed by atoms with Crippen molar-refractivity contribution in [2.45, 2.75) is 19.3 Å². The molecule has 2 aromatic heterocycles. The minimum atomic E-state index is 0.678. The third-order valence-electron chi connectivity index (χ3n) is 6.42. The molecule has 0 radical (unpaired) electrons. The van der Waals surface area contributed by atoms with Crippen LogP contribution in [0.3, 0.4) is 0 Å². The smallest absolute Gasteiger partial charge is 0.121 e. The minimum Gasteiger partial charge on any atom is -0.494 e. The van der Waals surface area contributed by atoms with Crippen LogP contribution in [0.2, 0.25) is 0 Å². The molecule has 0 aliphatic heterocycles. The summed E-state index contributed by atoms with van der Waals surface area (Å²) in [6.45, 7) is 1.36. The van der Waals surface area contributed by atoms with Gasteiger partial charge < -0.3 is 9.47 Å². The lowest BCUT2D eigenvalue weighted by Crippen LogP contribution is -2.02. The molecule has 6 nitrogen and oxygen atoms in total. The minimum absolute atomic E-state index is 0.678. The maximum absolute atomic E-state index is 6.03. The van der Waals surface area contributed by atoms with Crippen molar-refractivity contribution in [1.82, 2.24) is 19.1 Å². The number of para-hydroxylation sites is 4. The average Bonchev–Trinajstić information content (AvgIpc) is 3.58. The van der Waals surface area contributed by atoms with Gasteiger partial charge in [0.25, 0.3) is 0 Å². The van der Waals surface area contributed by atoms with Crippen molar-refractivity contribution in [3.8, 4) is 22.9 Å². The molecule has 184 valence electrons. The second-order valence-electron chi connectivity index (χ2n) is 8.96. The fraction of sp³-hybridized carbons (Fsp3) is 0.161. The van der Waals surface area contributed by atoms with E-state index in [1.807, 2.05) is 73.3 Å². The standard InChI is InChI=1S/C31H28N4O2/c1(6-18-36-26-12-8-10-24(20-26)34-22-32-28-14-2-4-16-30(28)34)7-19-37-27-13-9-11-25(21-27)35-23-33-29-15-3-5-17-31(29)35/h2-5,8-17,20-23H,1,6-7,18-19H2. The Morgan fingerprint density at radius 3 is 1.51 bits per heavy atom. The van der Waals surface area contributed by atoms with Crippen LogP contribution in [0.1, 0.15) is 19.3 Å². The lowest BCUT2D eigenvalue weighted by atomic mass is 10.2. The molecule has 6 heteroatoms. The predicted molar refractivity (Wildman–Crippen MR) is 147 cm³/mol. The van der Waals surface area contributed by atoms with Crippen LogP contribution in [0, 0.1) is 0 Å². The molecular weight excluding hydrogens is 460 g/mol. The van der Waals surface area contributed by atoms with Gasteiger partial charge in [0.05, 0.1) is 46.7 Å². The summed E-state index contributed by atoms with van der Waals surface area (Å²) in [4.78, 5) is 8.97. The summed E-state index contributed by atoms with van der Waals surface area (Å²) < 4.78 is 16.2. The van der Waals surface area contributed by atoms with Gasteiger partial charge in [0.15, 0.2) is 0 Å². The summed E-state index contributed by atoms with van der Waals surface area (Å²) in [5.41, 5.74) is 6.24. The first-order chi connectivity index (χ1) is 18.3. The van der Waals surface area contributed by atoms with Crippen molar-refractivity contribution in [2.24, 2.45) is 0 Å². The van der Waals surface area contributed by atoms with Crippen LogP contribution in [0.5, 0.6) is 11.5 Å². The van der Waals surface area contributed by atoms with Crippen molar-refractivity contribution >= 4 is 22.1 Å². The van der Waals surface area contributed by atoms with E-state index >= 15 is 0 Å². The molecule has 0 saturated heterocycles. The summed E-state index contributed by atoms with van der Waals surface area (Å²) >= 11 is 0. The highest BCUT2D eigenvalue weighted by Crippen LogP contribution is 2.23. The van der Waals surface area contributed by atoms with Crippen LogP contribution in [0.15, 0.2) is 110 Å². The number of aromatic nitrogens is 4. The Balaban J connectivity index is 0.969. The van der Waals surface area contributed by atoms with Crippen molar-refractivity contribution in [3.63, 3.8) is 0 Å². The highest BCUT2D eigenvalue weighted by molar-refractivity contribution is 5.78. The normalized spacial score (nSPS) is 11.2. The maximum Gasteiger partial charge on any atom is 0.121 e. The predicted octanol–water partition coefficient (Wildman–Crippen LogP) is 6.99. The lowest BCUT2D eigenvalue weighted by molar-refractivity contribution is 0.279. The van der Waals surface area contributed by atoms with Gasteiger partial charge in [-0.05, 0) is 67.8 Å². The number of hydrogen-bond donors (Lipinski definition) is 0. The lowest BCUT2D eigenvalue weighted by Gasteiger charge is -2.10. The molecule has 37 heavy (non-hydrogen) atoms. The molecule has 0 aliphatic rings. The van der Waals surface area contributed by atoms with E-state index in [4.69, 9.17) is 9.47 Å². The van der Waals surface area contributed by atoms with Crippen LogP contribution >= 0.6 is 0 Å². The quantitative estimate of drug-likeness (QED) is 0.195. The van der Waals surface area contributed by atoms with E-state index in [0.29, 0.717) is 13.2 Å². The number of rotatable bonds is 10. The summed E-state index contributed by atoms with van der Waals surface area (Å²) in [5.74, 6) is 1.74. The van der Waals surface area contributed by atoms with Crippen LogP contribution in [-0.2, 0) is 0 Å². The molecule has 0 fully saturated rings. The molecule has 6 rings (SSSR count). The van der Waals surface area contributed by atoms with Gasteiger partial charge in [-0.25, -0.2) is 9.97 Å². The van der Waals surface area contributed by atoms with Crippen molar-refractivity contribution < 1.29 is 9.47 Å². The zero-order valence-corrected chi connectivity index (χ0v) is 20.5. The third-order valence-corrected chi connectivity index (χ3v) is 6.42. The second kappa shape index (κ2) is 10.6. The Labute approximate surface area is 215 Å². The second-order valence-corrected chi connectivity index (χ2v) is 8.96. The number of nitrogens with zero attached hydrogens (tertiary/aromatic N) is 4. The van der Waals surface area contributed by atoms with Crippen molar-refractivity contribution in [1.29, 1.82) is 0 Å². The molecule has 0 aliphatic carbocycles. The van der Waals surface area contributed by atoms with E-state index in [9.17, 15) is 0 Å². The number of imidazole rings is 2. The Kier molecular flexibility index (Phi) is 6.54. The Morgan fingerprint density at radius 1 is 0.514 bits per heavy atom. The SMILES string of the molecule is c1cc(OCCCCCOc2cccc(-n3cnc4ccccc43)c2)cc(-n2cnc3ccccc32)c1. The van der Waals surface area contributed by atoms with E-state index < -0.39 is 0 Å². The summed E-state index contributed by atoms with van der Waals surface area (Å²) in [6.07, 6.45) is 6.71. The van der Waals surface area contributed by atoms with E-state index in [1.165, 1.54) is 0 Å².